The van der Waals surface area contributed by atoms with Gasteiger partial charge < -0.3 is 15.6 Å². The summed E-state index contributed by atoms with van der Waals surface area (Å²) in [6.45, 7) is 0. The highest BCUT2D eigenvalue weighted by Crippen LogP contribution is 2.25. The maximum absolute atomic E-state index is 12.6. The molecule has 118 valence electrons. The van der Waals surface area contributed by atoms with Crippen LogP contribution in [0.2, 0.25) is 0 Å². The highest BCUT2D eigenvalue weighted by atomic mass is 16.2. The fourth-order valence-corrected chi connectivity index (χ4v) is 2.69. The van der Waals surface area contributed by atoms with Crippen molar-refractivity contribution in [1.29, 1.82) is 0 Å². The van der Waals surface area contributed by atoms with Crippen molar-refractivity contribution < 1.29 is 4.79 Å². The molecule has 0 saturated heterocycles. The number of carbonyl (C=O) groups is 1. The molecule has 1 aromatic carbocycles. The van der Waals surface area contributed by atoms with Crippen LogP contribution in [-0.4, -0.2) is 29.0 Å². The zero-order chi connectivity index (χ0) is 16.2. The van der Waals surface area contributed by atoms with Gasteiger partial charge in [-0.1, -0.05) is 18.2 Å². The Hall–Kier alpha value is -2.66. The van der Waals surface area contributed by atoms with E-state index < -0.39 is 6.04 Å². The van der Waals surface area contributed by atoms with Gasteiger partial charge in [-0.05, 0) is 37.1 Å². The van der Waals surface area contributed by atoms with Gasteiger partial charge in [-0.15, -0.1) is 0 Å². The lowest BCUT2D eigenvalue weighted by atomic mass is 10.1. The van der Waals surface area contributed by atoms with Crippen LogP contribution < -0.4 is 10.6 Å². The van der Waals surface area contributed by atoms with E-state index >= 15 is 0 Å². The maximum Gasteiger partial charge on any atom is 0.243 e. The van der Waals surface area contributed by atoms with Crippen LogP contribution in [0.3, 0.4) is 0 Å². The minimum absolute atomic E-state index is 0.0944. The SMILES string of the molecule is CN(C(=O)C(N)CCc1ccccn1)c1cccc2cc[nH]c12. The zero-order valence-electron chi connectivity index (χ0n) is 13.1. The van der Waals surface area contributed by atoms with Crippen LogP contribution in [0.15, 0.2) is 54.9 Å². The van der Waals surface area contributed by atoms with Crippen molar-refractivity contribution in [3.8, 4) is 0 Å². The third kappa shape index (κ3) is 3.24. The number of benzene rings is 1. The number of nitrogens with two attached hydrogens (primary N) is 1. The summed E-state index contributed by atoms with van der Waals surface area (Å²) in [5, 5.41) is 1.07. The fraction of sp³-hybridized carbons (Fsp3) is 0.222. The molecule has 0 aliphatic carbocycles. The summed E-state index contributed by atoms with van der Waals surface area (Å²) in [4.78, 5) is 21.7. The number of fused-ring (bicyclic) bond motifs is 1. The lowest BCUT2D eigenvalue weighted by Crippen LogP contribution is -2.42. The number of aryl methyl sites for hydroxylation is 1. The van der Waals surface area contributed by atoms with E-state index in [1.165, 1.54) is 0 Å². The van der Waals surface area contributed by atoms with Crippen LogP contribution in [0.25, 0.3) is 10.9 Å². The van der Waals surface area contributed by atoms with Crippen LogP contribution in [0.4, 0.5) is 5.69 Å². The summed E-state index contributed by atoms with van der Waals surface area (Å²) in [7, 11) is 1.76. The van der Waals surface area contributed by atoms with Gasteiger partial charge in [0.15, 0.2) is 0 Å². The second-order valence-corrected chi connectivity index (χ2v) is 5.58. The minimum atomic E-state index is -0.549. The number of para-hydroxylation sites is 1. The molecule has 3 N–H and O–H groups in total. The van der Waals surface area contributed by atoms with Gasteiger partial charge in [-0.3, -0.25) is 9.78 Å². The van der Waals surface area contributed by atoms with Gasteiger partial charge in [0.2, 0.25) is 5.91 Å². The number of likely N-dealkylation sites (N-methyl/N-ethyl adjacent to an activating group) is 1. The molecule has 1 amide bonds. The minimum Gasteiger partial charge on any atom is -0.359 e. The average molecular weight is 308 g/mol. The zero-order valence-corrected chi connectivity index (χ0v) is 13.1. The first-order chi connectivity index (χ1) is 11.2. The number of amides is 1. The number of hydrogen-bond acceptors (Lipinski definition) is 3. The van der Waals surface area contributed by atoms with Gasteiger partial charge in [-0.25, -0.2) is 0 Å². The molecule has 3 rings (SSSR count). The van der Waals surface area contributed by atoms with E-state index in [9.17, 15) is 4.79 Å². The van der Waals surface area contributed by atoms with Gasteiger partial charge in [0.05, 0.1) is 17.2 Å². The number of nitrogens with one attached hydrogen (secondary N) is 1. The third-order valence-corrected chi connectivity index (χ3v) is 4.01. The smallest absolute Gasteiger partial charge is 0.243 e. The summed E-state index contributed by atoms with van der Waals surface area (Å²) < 4.78 is 0. The quantitative estimate of drug-likeness (QED) is 0.760. The molecule has 0 saturated carbocycles. The van der Waals surface area contributed by atoms with Gasteiger partial charge in [0.1, 0.15) is 0 Å². The van der Waals surface area contributed by atoms with Crippen molar-refractivity contribution in [3.05, 3.63) is 60.6 Å². The summed E-state index contributed by atoms with van der Waals surface area (Å²) in [5.74, 6) is -0.0944. The molecule has 5 heteroatoms. The highest BCUT2D eigenvalue weighted by Gasteiger charge is 2.20. The van der Waals surface area contributed by atoms with E-state index in [4.69, 9.17) is 5.73 Å². The number of anilines is 1. The molecule has 3 aromatic rings. The molecule has 1 unspecified atom stereocenters. The number of aromatic nitrogens is 2. The molecule has 2 heterocycles. The standard InChI is InChI=1S/C18H20N4O/c1-22(16-7-4-5-13-10-12-21-17(13)16)18(23)15(19)9-8-14-6-2-3-11-20-14/h2-7,10-12,15,21H,8-9,19H2,1H3. The van der Waals surface area contributed by atoms with Crippen molar-refractivity contribution in [2.45, 2.75) is 18.9 Å². The first-order valence-corrected chi connectivity index (χ1v) is 7.66. The first kappa shape index (κ1) is 15.2. The predicted octanol–water partition coefficient (Wildman–Crippen LogP) is 2.49. The van der Waals surface area contributed by atoms with Crippen molar-refractivity contribution in [2.75, 3.05) is 11.9 Å². The fourth-order valence-electron chi connectivity index (χ4n) is 2.69. The molecule has 0 aliphatic rings. The van der Waals surface area contributed by atoms with Gasteiger partial charge in [-0.2, -0.15) is 0 Å². The van der Waals surface area contributed by atoms with E-state index in [0.717, 1.165) is 22.3 Å². The normalized spacial score (nSPS) is 12.3. The number of carbonyl (C=O) groups excluding carboxylic acids is 1. The third-order valence-electron chi connectivity index (χ3n) is 4.01. The number of nitrogens with zero attached hydrogens (tertiary/aromatic N) is 2. The van der Waals surface area contributed by atoms with Crippen LogP contribution in [-0.2, 0) is 11.2 Å². The Balaban J connectivity index is 1.70. The largest absolute Gasteiger partial charge is 0.359 e. The van der Waals surface area contributed by atoms with Crippen LogP contribution >= 0.6 is 0 Å². The Morgan fingerprint density at radius 1 is 1.26 bits per heavy atom. The lowest BCUT2D eigenvalue weighted by molar-refractivity contribution is -0.119. The van der Waals surface area contributed by atoms with Gasteiger partial charge in [0.25, 0.3) is 0 Å². The summed E-state index contributed by atoms with van der Waals surface area (Å²) in [5.41, 5.74) is 8.83. The van der Waals surface area contributed by atoms with E-state index in [-0.39, 0.29) is 5.91 Å². The van der Waals surface area contributed by atoms with Crippen LogP contribution in [0.5, 0.6) is 0 Å². The van der Waals surface area contributed by atoms with Crippen LogP contribution in [0, 0.1) is 0 Å². The maximum atomic E-state index is 12.6. The number of hydrogen-bond donors (Lipinski definition) is 2. The van der Waals surface area contributed by atoms with E-state index in [1.807, 2.05) is 48.7 Å². The first-order valence-electron chi connectivity index (χ1n) is 7.66. The van der Waals surface area contributed by atoms with E-state index in [1.54, 1.807) is 18.1 Å². The van der Waals surface area contributed by atoms with Crippen LogP contribution in [0.1, 0.15) is 12.1 Å². The Bertz CT molecular complexity index is 797. The molecule has 5 nitrogen and oxygen atoms in total. The van der Waals surface area contributed by atoms with E-state index in [0.29, 0.717) is 12.8 Å². The number of aromatic amines is 1. The van der Waals surface area contributed by atoms with Gasteiger partial charge in [0, 0.05) is 30.5 Å². The lowest BCUT2D eigenvalue weighted by Gasteiger charge is -2.22. The topological polar surface area (TPSA) is 75.0 Å². The second-order valence-electron chi connectivity index (χ2n) is 5.58. The molecule has 1 atom stereocenters. The molecule has 23 heavy (non-hydrogen) atoms. The Morgan fingerprint density at radius 2 is 2.13 bits per heavy atom. The monoisotopic (exact) mass is 308 g/mol. The summed E-state index contributed by atoms with van der Waals surface area (Å²) in [6.07, 6.45) is 4.88. The second kappa shape index (κ2) is 6.62. The highest BCUT2D eigenvalue weighted by molar-refractivity contribution is 6.03. The van der Waals surface area contributed by atoms with Crippen molar-refractivity contribution in [1.82, 2.24) is 9.97 Å². The van der Waals surface area contributed by atoms with Gasteiger partial charge >= 0.3 is 0 Å². The van der Waals surface area contributed by atoms with Crippen molar-refractivity contribution in [3.63, 3.8) is 0 Å². The van der Waals surface area contributed by atoms with E-state index in [2.05, 4.69) is 9.97 Å². The number of H-pyrrole nitrogens is 1. The molecule has 0 aliphatic heterocycles. The van der Waals surface area contributed by atoms with Crippen molar-refractivity contribution >= 4 is 22.5 Å². The summed E-state index contributed by atoms with van der Waals surface area (Å²) >= 11 is 0. The molecular weight excluding hydrogens is 288 g/mol. The predicted molar refractivity (Wildman–Crippen MR) is 92.2 cm³/mol. The molecule has 0 fully saturated rings. The Morgan fingerprint density at radius 3 is 2.91 bits per heavy atom. The Kier molecular flexibility index (Phi) is 4.39. The Labute approximate surface area is 135 Å². The molecule has 0 bridgehead atoms. The molecular formula is C18H20N4O. The number of rotatable bonds is 5. The summed E-state index contributed by atoms with van der Waals surface area (Å²) in [6, 6.07) is 13.1. The van der Waals surface area contributed by atoms with Crippen molar-refractivity contribution in [2.24, 2.45) is 5.73 Å². The number of pyridine rings is 1. The molecule has 2 aromatic heterocycles. The molecule has 0 radical (unpaired) electrons. The molecule has 0 spiro atoms. The average Bonchev–Trinajstić information content (AvgIpc) is 3.08.